The van der Waals surface area contributed by atoms with Crippen LogP contribution in [0.4, 0.5) is 0 Å². The van der Waals surface area contributed by atoms with Gasteiger partial charge in [0.05, 0.1) is 0 Å². The zero-order valence-corrected chi connectivity index (χ0v) is 11.4. The number of likely N-dealkylation sites (N-methyl/N-ethyl adjacent to an activating group) is 1. The number of nitrogens with one attached hydrogen (secondary N) is 1. The molecule has 1 N–H and O–H groups in total. The van der Waals surface area contributed by atoms with Crippen LogP contribution in [0.5, 0.6) is 0 Å². The molecule has 0 radical (unpaired) electrons. The molecule has 2 heterocycles. The molecule has 0 aromatic carbocycles. The maximum absolute atomic E-state index is 3.49. The van der Waals surface area contributed by atoms with Crippen molar-refractivity contribution in [2.24, 2.45) is 0 Å². The second-order valence-corrected chi connectivity index (χ2v) is 6.02. The van der Waals surface area contributed by atoms with Crippen molar-refractivity contribution in [2.45, 2.75) is 18.9 Å². The highest BCUT2D eigenvalue weighted by atomic mass is 79.9. The van der Waals surface area contributed by atoms with Crippen molar-refractivity contribution in [3.05, 3.63) is 20.8 Å². The smallest absolute Gasteiger partial charge is 0.0285 e. The summed E-state index contributed by atoms with van der Waals surface area (Å²) in [5.41, 5.74) is 0. The number of hydrogen-bond acceptors (Lipinski definition) is 3. The van der Waals surface area contributed by atoms with Crippen LogP contribution in [0, 0.1) is 0 Å². The molecule has 1 aromatic rings. The fourth-order valence-corrected chi connectivity index (χ4v) is 3.41. The van der Waals surface area contributed by atoms with E-state index >= 15 is 0 Å². The third-order valence-electron chi connectivity index (χ3n) is 2.99. The predicted molar refractivity (Wildman–Crippen MR) is 69.6 cm³/mol. The molecule has 0 spiro atoms. The van der Waals surface area contributed by atoms with Gasteiger partial charge in [-0.1, -0.05) is 0 Å². The van der Waals surface area contributed by atoms with E-state index in [1.165, 1.54) is 35.3 Å². The second kappa shape index (κ2) is 5.43. The van der Waals surface area contributed by atoms with Crippen molar-refractivity contribution in [2.75, 3.05) is 26.7 Å². The molecule has 0 aliphatic carbocycles. The van der Waals surface area contributed by atoms with E-state index in [9.17, 15) is 0 Å². The van der Waals surface area contributed by atoms with E-state index in [1.54, 1.807) is 0 Å². The molecule has 1 atom stereocenters. The Morgan fingerprint density at radius 2 is 2.53 bits per heavy atom. The van der Waals surface area contributed by atoms with Crippen molar-refractivity contribution in [3.63, 3.8) is 0 Å². The highest BCUT2D eigenvalue weighted by Crippen LogP contribution is 2.20. The van der Waals surface area contributed by atoms with Gasteiger partial charge < -0.3 is 10.2 Å². The largest absolute Gasteiger partial charge is 0.315 e. The molecular weight excluding hydrogens is 272 g/mol. The lowest BCUT2D eigenvalue weighted by Gasteiger charge is -2.22. The van der Waals surface area contributed by atoms with Crippen LogP contribution in [0.25, 0.3) is 0 Å². The Bertz CT molecular complexity index is 307. The Morgan fingerprint density at radius 3 is 3.13 bits per heavy atom. The lowest BCUT2D eigenvalue weighted by atomic mass is 10.2. The zero-order chi connectivity index (χ0) is 10.7. The minimum Gasteiger partial charge on any atom is -0.315 e. The molecule has 2 nitrogen and oxygen atoms in total. The van der Waals surface area contributed by atoms with Gasteiger partial charge >= 0.3 is 0 Å². The number of halogens is 1. The summed E-state index contributed by atoms with van der Waals surface area (Å²) in [6.07, 6.45) is 2.47. The quantitative estimate of drug-likeness (QED) is 0.915. The van der Waals surface area contributed by atoms with Gasteiger partial charge in [-0.2, -0.15) is 0 Å². The Labute approximate surface area is 104 Å². The van der Waals surface area contributed by atoms with E-state index in [1.807, 2.05) is 11.3 Å². The monoisotopic (exact) mass is 288 g/mol. The molecule has 1 aliphatic rings. The molecule has 84 valence electrons. The predicted octanol–water partition coefficient (Wildman–Crippen LogP) is 2.35. The topological polar surface area (TPSA) is 15.3 Å². The van der Waals surface area contributed by atoms with Crippen LogP contribution in [0.1, 0.15) is 11.3 Å². The van der Waals surface area contributed by atoms with Crippen molar-refractivity contribution in [1.82, 2.24) is 10.2 Å². The van der Waals surface area contributed by atoms with Crippen LogP contribution < -0.4 is 5.32 Å². The molecule has 0 bridgehead atoms. The number of thiophene rings is 1. The summed E-state index contributed by atoms with van der Waals surface area (Å²) in [4.78, 5) is 3.95. The summed E-state index contributed by atoms with van der Waals surface area (Å²) in [7, 11) is 2.24. The number of nitrogens with zero attached hydrogens (tertiary/aromatic N) is 1. The van der Waals surface area contributed by atoms with E-state index in [0.29, 0.717) is 0 Å². The molecule has 0 amide bonds. The van der Waals surface area contributed by atoms with Gasteiger partial charge in [0.15, 0.2) is 0 Å². The van der Waals surface area contributed by atoms with E-state index in [0.717, 1.165) is 12.6 Å². The number of rotatable bonds is 4. The first-order valence-electron chi connectivity index (χ1n) is 5.39. The molecule has 2 rings (SSSR count). The molecule has 0 saturated carbocycles. The zero-order valence-electron chi connectivity index (χ0n) is 9.00. The molecule has 4 heteroatoms. The molecule has 1 saturated heterocycles. The van der Waals surface area contributed by atoms with Gasteiger partial charge in [0.1, 0.15) is 0 Å². The average molecular weight is 289 g/mol. The van der Waals surface area contributed by atoms with Crippen LogP contribution in [-0.2, 0) is 6.42 Å². The molecule has 1 fully saturated rings. The Balaban J connectivity index is 1.77. The second-order valence-electron chi connectivity index (χ2n) is 4.11. The van der Waals surface area contributed by atoms with E-state index in [-0.39, 0.29) is 0 Å². The normalized spacial score (nSPS) is 21.4. The van der Waals surface area contributed by atoms with Gasteiger partial charge in [-0.25, -0.2) is 0 Å². The lowest BCUT2D eigenvalue weighted by molar-refractivity contribution is 0.261. The van der Waals surface area contributed by atoms with E-state index in [4.69, 9.17) is 0 Å². The Hall–Kier alpha value is 0.1000. The minimum absolute atomic E-state index is 0.744. The molecule has 1 aromatic heterocycles. The summed E-state index contributed by atoms with van der Waals surface area (Å²) >= 11 is 5.34. The Morgan fingerprint density at radius 1 is 1.67 bits per heavy atom. The summed E-state index contributed by atoms with van der Waals surface area (Å²) in [5.74, 6) is 0. The van der Waals surface area contributed by atoms with Gasteiger partial charge in [0.25, 0.3) is 0 Å². The maximum atomic E-state index is 3.49. The SMILES string of the molecule is CN(CCc1cc(Br)cs1)C1CCNC1. The van der Waals surface area contributed by atoms with Crippen LogP contribution in [0.15, 0.2) is 15.9 Å². The number of hydrogen-bond donors (Lipinski definition) is 1. The van der Waals surface area contributed by atoms with E-state index < -0.39 is 0 Å². The van der Waals surface area contributed by atoms with Gasteiger partial charge in [-0.05, 0) is 48.4 Å². The fourth-order valence-electron chi connectivity index (χ4n) is 1.97. The van der Waals surface area contributed by atoms with Crippen LogP contribution in [0.3, 0.4) is 0 Å². The Kier molecular flexibility index (Phi) is 4.20. The lowest BCUT2D eigenvalue weighted by Crippen LogP contribution is -2.34. The van der Waals surface area contributed by atoms with Gasteiger partial charge in [-0.3, -0.25) is 0 Å². The molecule has 1 aliphatic heterocycles. The van der Waals surface area contributed by atoms with Crippen molar-refractivity contribution >= 4 is 27.3 Å². The fraction of sp³-hybridized carbons (Fsp3) is 0.636. The van der Waals surface area contributed by atoms with E-state index in [2.05, 4.69) is 44.6 Å². The summed E-state index contributed by atoms with van der Waals surface area (Å²) in [5, 5.41) is 5.57. The van der Waals surface area contributed by atoms with Gasteiger partial charge in [0, 0.05) is 33.9 Å². The summed E-state index contributed by atoms with van der Waals surface area (Å²) in [6, 6.07) is 2.97. The van der Waals surface area contributed by atoms with Crippen molar-refractivity contribution in [3.8, 4) is 0 Å². The molecule has 15 heavy (non-hydrogen) atoms. The average Bonchev–Trinajstić information content (AvgIpc) is 2.84. The maximum Gasteiger partial charge on any atom is 0.0285 e. The third-order valence-corrected chi connectivity index (χ3v) is 4.75. The highest BCUT2D eigenvalue weighted by Gasteiger charge is 2.18. The standard InChI is InChI=1S/C11H17BrN2S/c1-14(10-2-4-13-7-10)5-3-11-6-9(12)8-15-11/h6,8,10,13H,2-5,7H2,1H3. The van der Waals surface area contributed by atoms with Gasteiger partial charge in [-0.15, -0.1) is 11.3 Å². The first-order valence-corrected chi connectivity index (χ1v) is 7.07. The van der Waals surface area contributed by atoms with Crippen molar-refractivity contribution < 1.29 is 0 Å². The molecule has 1 unspecified atom stereocenters. The van der Waals surface area contributed by atoms with Crippen LogP contribution in [0.2, 0.25) is 0 Å². The highest BCUT2D eigenvalue weighted by molar-refractivity contribution is 9.10. The van der Waals surface area contributed by atoms with Crippen LogP contribution in [-0.4, -0.2) is 37.6 Å². The minimum atomic E-state index is 0.744. The third kappa shape index (κ3) is 3.28. The summed E-state index contributed by atoms with van der Waals surface area (Å²) < 4.78 is 1.22. The summed E-state index contributed by atoms with van der Waals surface area (Å²) in [6.45, 7) is 3.50. The van der Waals surface area contributed by atoms with Crippen molar-refractivity contribution in [1.29, 1.82) is 0 Å². The first-order chi connectivity index (χ1) is 7.25. The first kappa shape index (κ1) is 11.6. The van der Waals surface area contributed by atoms with Gasteiger partial charge in [0.2, 0.25) is 0 Å². The van der Waals surface area contributed by atoms with Crippen LogP contribution >= 0.6 is 27.3 Å². The molecular formula is C11H17BrN2S.